The molecule has 4 aromatic rings. The van der Waals surface area contributed by atoms with Crippen molar-refractivity contribution in [1.29, 1.82) is 0 Å². The molecule has 0 unspecified atom stereocenters. The summed E-state index contributed by atoms with van der Waals surface area (Å²) in [6.07, 6.45) is 2.41. The summed E-state index contributed by atoms with van der Waals surface area (Å²) >= 11 is 0. The number of hydrogen-bond donors (Lipinski definition) is 2. The lowest BCUT2D eigenvalue weighted by Crippen LogP contribution is -2.01. The molecule has 1 heterocycles. The van der Waals surface area contributed by atoms with Gasteiger partial charge in [-0.2, -0.15) is 0 Å². The van der Waals surface area contributed by atoms with E-state index < -0.39 is 5.97 Å². The average molecular weight is 398 g/mol. The normalized spacial score (nSPS) is 10.7. The fourth-order valence-electron chi connectivity index (χ4n) is 3.42. The van der Waals surface area contributed by atoms with Crippen molar-refractivity contribution in [3.05, 3.63) is 89.6 Å². The minimum Gasteiger partial charge on any atom is -0.478 e. The number of ether oxygens (including phenoxy) is 1. The van der Waals surface area contributed by atoms with Gasteiger partial charge in [0.25, 0.3) is 0 Å². The molecule has 0 fully saturated rings. The van der Waals surface area contributed by atoms with Gasteiger partial charge >= 0.3 is 5.97 Å². The van der Waals surface area contributed by atoms with Gasteiger partial charge in [0.2, 0.25) is 0 Å². The van der Waals surface area contributed by atoms with Crippen LogP contribution in [0.3, 0.4) is 0 Å². The maximum absolute atomic E-state index is 11.4. The van der Waals surface area contributed by atoms with E-state index >= 15 is 0 Å². The lowest BCUT2D eigenvalue weighted by molar-refractivity contribution is 0.0697. The summed E-state index contributed by atoms with van der Waals surface area (Å²) < 4.78 is 6.16. The Morgan fingerprint density at radius 1 is 1.03 bits per heavy atom. The molecule has 0 saturated heterocycles. The van der Waals surface area contributed by atoms with Gasteiger partial charge in [-0.25, -0.2) is 9.78 Å². The van der Waals surface area contributed by atoms with Crippen LogP contribution in [0.1, 0.15) is 28.4 Å². The predicted molar refractivity (Wildman–Crippen MR) is 119 cm³/mol. The van der Waals surface area contributed by atoms with Crippen LogP contribution < -0.4 is 10.1 Å². The predicted octanol–water partition coefficient (Wildman–Crippen LogP) is 6.34. The molecule has 30 heavy (non-hydrogen) atoms. The number of nitrogens with zero attached hydrogens (tertiary/aromatic N) is 1. The van der Waals surface area contributed by atoms with Crippen LogP contribution in [0.15, 0.2) is 72.9 Å². The van der Waals surface area contributed by atoms with Gasteiger partial charge in [-0.3, -0.25) is 0 Å². The van der Waals surface area contributed by atoms with Gasteiger partial charge in [-0.15, -0.1) is 0 Å². The van der Waals surface area contributed by atoms with E-state index in [0.717, 1.165) is 28.5 Å². The molecule has 150 valence electrons. The van der Waals surface area contributed by atoms with E-state index in [9.17, 15) is 9.90 Å². The van der Waals surface area contributed by atoms with Gasteiger partial charge in [0, 0.05) is 23.3 Å². The third-order valence-corrected chi connectivity index (χ3v) is 4.98. The molecule has 0 aliphatic heterocycles. The first-order chi connectivity index (χ1) is 14.5. The van der Waals surface area contributed by atoms with Crippen molar-refractivity contribution in [2.24, 2.45) is 0 Å². The monoisotopic (exact) mass is 398 g/mol. The Labute approximate surface area is 175 Å². The molecule has 0 spiro atoms. The second kappa shape index (κ2) is 8.25. The third-order valence-electron chi connectivity index (χ3n) is 4.98. The van der Waals surface area contributed by atoms with Crippen molar-refractivity contribution in [1.82, 2.24) is 4.98 Å². The molecular formula is C25H22N2O3. The summed E-state index contributed by atoms with van der Waals surface area (Å²) in [7, 11) is 0. The zero-order valence-corrected chi connectivity index (χ0v) is 16.8. The molecule has 2 N–H and O–H groups in total. The van der Waals surface area contributed by atoms with Crippen LogP contribution in [0.4, 0.5) is 11.5 Å². The van der Waals surface area contributed by atoms with E-state index in [1.165, 1.54) is 5.56 Å². The zero-order valence-electron chi connectivity index (χ0n) is 16.8. The van der Waals surface area contributed by atoms with Crippen molar-refractivity contribution in [2.45, 2.75) is 20.3 Å². The molecule has 4 rings (SSSR count). The molecule has 5 heteroatoms. The fourth-order valence-corrected chi connectivity index (χ4v) is 3.42. The van der Waals surface area contributed by atoms with Crippen LogP contribution in [0.25, 0.3) is 10.8 Å². The first kappa shape index (κ1) is 19.5. The Balaban J connectivity index is 1.62. The van der Waals surface area contributed by atoms with Crippen LogP contribution >= 0.6 is 0 Å². The quantitative estimate of drug-likeness (QED) is 0.396. The van der Waals surface area contributed by atoms with E-state index in [1.54, 1.807) is 30.5 Å². The van der Waals surface area contributed by atoms with Gasteiger partial charge in [-0.05, 0) is 60.2 Å². The number of nitrogens with one attached hydrogen (secondary N) is 1. The molecule has 0 aliphatic rings. The molecule has 0 saturated carbocycles. The number of carboxylic acids is 1. The van der Waals surface area contributed by atoms with E-state index in [4.69, 9.17) is 4.74 Å². The molecule has 0 aliphatic carbocycles. The Morgan fingerprint density at radius 2 is 1.83 bits per heavy atom. The molecule has 1 aromatic heterocycles. The molecule has 5 nitrogen and oxygen atoms in total. The van der Waals surface area contributed by atoms with Gasteiger partial charge in [0.05, 0.1) is 5.56 Å². The third kappa shape index (κ3) is 4.10. The maximum atomic E-state index is 11.4. The Kier molecular flexibility index (Phi) is 5.35. The summed E-state index contributed by atoms with van der Waals surface area (Å²) in [5.41, 5.74) is 3.06. The van der Waals surface area contributed by atoms with Crippen LogP contribution in [0.2, 0.25) is 0 Å². The topological polar surface area (TPSA) is 71.5 Å². The number of aromatic nitrogens is 1. The molecule has 0 atom stereocenters. The molecular weight excluding hydrogens is 376 g/mol. The van der Waals surface area contributed by atoms with Crippen LogP contribution in [-0.2, 0) is 6.42 Å². The van der Waals surface area contributed by atoms with E-state index in [0.29, 0.717) is 17.3 Å². The van der Waals surface area contributed by atoms with Crippen LogP contribution in [-0.4, -0.2) is 16.1 Å². The summed E-state index contributed by atoms with van der Waals surface area (Å²) in [5.74, 6) is 1.04. The van der Waals surface area contributed by atoms with Gasteiger partial charge < -0.3 is 15.2 Å². The van der Waals surface area contributed by atoms with Gasteiger partial charge in [0.1, 0.15) is 17.3 Å². The standard InChI is InChI=1S/C25H22N2O3/c1-3-17-12-18(25(28)29)14-19(13-17)27-24-15-20(10-11-26-24)30-23-9-8-16(2)21-6-4-5-7-22(21)23/h4-15H,3H2,1-2H3,(H,26,27)(H,28,29). The average Bonchev–Trinajstić information content (AvgIpc) is 2.76. The number of rotatable bonds is 6. The fraction of sp³-hybridized carbons (Fsp3) is 0.120. The number of fused-ring (bicyclic) bond motifs is 1. The zero-order chi connectivity index (χ0) is 21.1. The minimum absolute atomic E-state index is 0.246. The minimum atomic E-state index is -0.954. The van der Waals surface area contributed by atoms with Gasteiger partial charge in [-0.1, -0.05) is 37.3 Å². The highest BCUT2D eigenvalue weighted by Crippen LogP contribution is 2.32. The summed E-state index contributed by atoms with van der Waals surface area (Å²) in [6, 6.07) is 21.0. The van der Waals surface area contributed by atoms with Crippen molar-refractivity contribution < 1.29 is 14.6 Å². The first-order valence-electron chi connectivity index (χ1n) is 9.80. The highest BCUT2D eigenvalue weighted by atomic mass is 16.5. The smallest absolute Gasteiger partial charge is 0.335 e. The van der Waals surface area contributed by atoms with Crippen molar-refractivity contribution in [2.75, 3.05) is 5.32 Å². The highest BCUT2D eigenvalue weighted by Gasteiger charge is 2.09. The number of anilines is 2. The lowest BCUT2D eigenvalue weighted by Gasteiger charge is -2.13. The number of aromatic carboxylic acids is 1. The number of carbonyl (C=O) groups is 1. The lowest BCUT2D eigenvalue weighted by atomic mass is 10.0. The van der Waals surface area contributed by atoms with Crippen molar-refractivity contribution in [3.8, 4) is 11.5 Å². The Bertz CT molecular complexity index is 1230. The molecule has 3 aromatic carbocycles. The van der Waals surface area contributed by atoms with E-state index in [-0.39, 0.29) is 5.56 Å². The Hall–Kier alpha value is -3.86. The van der Waals surface area contributed by atoms with Crippen molar-refractivity contribution >= 4 is 28.2 Å². The summed E-state index contributed by atoms with van der Waals surface area (Å²) in [4.78, 5) is 15.7. The molecule has 0 bridgehead atoms. The largest absolute Gasteiger partial charge is 0.478 e. The number of pyridine rings is 1. The summed E-state index contributed by atoms with van der Waals surface area (Å²) in [5, 5.41) is 14.7. The molecule has 0 amide bonds. The van der Waals surface area contributed by atoms with Crippen LogP contribution in [0.5, 0.6) is 11.5 Å². The van der Waals surface area contributed by atoms with E-state index in [1.807, 2.05) is 43.3 Å². The maximum Gasteiger partial charge on any atom is 0.335 e. The number of benzene rings is 3. The number of hydrogen-bond acceptors (Lipinski definition) is 4. The second-order valence-electron chi connectivity index (χ2n) is 7.11. The number of aryl methyl sites for hydroxylation is 2. The van der Waals surface area contributed by atoms with Crippen LogP contribution in [0, 0.1) is 6.92 Å². The number of carboxylic acid groups (broad SMARTS) is 1. The van der Waals surface area contributed by atoms with Gasteiger partial charge in [0.15, 0.2) is 0 Å². The Morgan fingerprint density at radius 3 is 2.60 bits per heavy atom. The highest BCUT2D eigenvalue weighted by molar-refractivity contribution is 5.91. The van der Waals surface area contributed by atoms with E-state index in [2.05, 4.69) is 23.3 Å². The second-order valence-corrected chi connectivity index (χ2v) is 7.11. The van der Waals surface area contributed by atoms with Crippen molar-refractivity contribution in [3.63, 3.8) is 0 Å². The first-order valence-corrected chi connectivity index (χ1v) is 9.80. The SMILES string of the molecule is CCc1cc(Nc2cc(Oc3ccc(C)c4ccccc34)ccn2)cc(C(=O)O)c1. The molecule has 0 radical (unpaired) electrons. The summed E-state index contributed by atoms with van der Waals surface area (Å²) in [6.45, 7) is 4.07.